The second kappa shape index (κ2) is 5.30. The zero-order valence-electron chi connectivity index (χ0n) is 15.0. The summed E-state index contributed by atoms with van der Waals surface area (Å²) >= 11 is 0. The molecule has 1 heterocycles. The number of amides is 1. The molecule has 0 atom stereocenters. The molecular formula is C18H26N2O3S. The van der Waals surface area contributed by atoms with Crippen molar-refractivity contribution in [1.29, 1.82) is 0 Å². The van der Waals surface area contributed by atoms with Gasteiger partial charge in [-0.1, -0.05) is 13.8 Å². The maximum absolute atomic E-state index is 12.6. The Bertz CT molecular complexity index is 787. The summed E-state index contributed by atoms with van der Waals surface area (Å²) in [6, 6.07) is 5.10. The van der Waals surface area contributed by atoms with Gasteiger partial charge in [-0.15, -0.1) is 0 Å². The second-order valence-electron chi connectivity index (χ2n) is 8.62. The van der Waals surface area contributed by atoms with E-state index in [2.05, 4.69) is 18.6 Å². The minimum absolute atomic E-state index is 0.151. The van der Waals surface area contributed by atoms with Gasteiger partial charge < -0.3 is 4.90 Å². The van der Waals surface area contributed by atoms with Gasteiger partial charge in [-0.25, -0.2) is 13.1 Å². The zero-order chi connectivity index (χ0) is 17.9. The summed E-state index contributed by atoms with van der Waals surface area (Å²) in [6.45, 7) is 10.2. The average molecular weight is 350 g/mol. The van der Waals surface area contributed by atoms with E-state index >= 15 is 0 Å². The van der Waals surface area contributed by atoms with Crippen LogP contribution < -0.4 is 9.62 Å². The van der Waals surface area contributed by atoms with Crippen LogP contribution in [0, 0.1) is 5.92 Å². The fraction of sp³-hybridized carbons (Fsp3) is 0.611. The highest BCUT2D eigenvalue weighted by molar-refractivity contribution is 7.89. The number of nitrogens with zero attached hydrogens (tertiary/aromatic N) is 1. The predicted octanol–water partition coefficient (Wildman–Crippen LogP) is 2.80. The first-order valence-electron chi connectivity index (χ1n) is 8.41. The van der Waals surface area contributed by atoms with E-state index in [0.717, 1.165) is 24.1 Å². The molecule has 3 rings (SSSR count). The molecule has 1 saturated carbocycles. The number of nitrogens with one attached hydrogen (secondary N) is 1. The van der Waals surface area contributed by atoms with Crippen molar-refractivity contribution in [2.24, 2.45) is 5.92 Å². The van der Waals surface area contributed by atoms with E-state index in [9.17, 15) is 13.2 Å². The molecule has 1 aromatic carbocycles. The van der Waals surface area contributed by atoms with Gasteiger partial charge in [-0.2, -0.15) is 0 Å². The van der Waals surface area contributed by atoms with Crippen LogP contribution in [0.15, 0.2) is 23.1 Å². The largest absolute Gasteiger partial charge is 0.311 e. The van der Waals surface area contributed by atoms with Crippen molar-refractivity contribution in [3.05, 3.63) is 23.8 Å². The van der Waals surface area contributed by atoms with Gasteiger partial charge in [0, 0.05) is 29.1 Å². The van der Waals surface area contributed by atoms with Crippen molar-refractivity contribution < 1.29 is 13.2 Å². The Hall–Kier alpha value is -1.40. The highest BCUT2D eigenvalue weighted by Gasteiger charge is 2.43. The van der Waals surface area contributed by atoms with E-state index in [1.807, 2.05) is 25.7 Å². The molecule has 24 heavy (non-hydrogen) atoms. The first-order chi connectivity index (χ1) is 10.9. The molecule has 1 amide bonds. The third kappa shape index (κ3) is 3.22. The molecule has 0 radical (unpaired) electrons. The summed E-state index contributed by atoms with van der Waals surface area (Å²) in [4.78, 5) is 14.6. The molecule has 6 heteroatoms. The monoisotopic (exact) mass is 350 g/mol. The molecule has 132 valence electrons. The second-order valence-corrected chi connectivity index (χ2v) is 10.3. The van der Waals surface area contributed by atoms with E-state index in [1.165, 1.54) is 0 Å². The number of sulfonamides is 1. The number of hydrogen-bond acceptors (Lipinski definition) is 3. The number of hydrogen-bond donors (Lipinski definition) is 1. The molecular weight excluding hydrogens is 324 g/mol. The molecule has 0 aromatic heterocycles. The molecule has 1 aliphatic carbocycles. The fourth-order valence-electron chi connectivity index (χ4n) is 3.23. The third-order valence-electron chi connectivity index (χ3n) is 4.48. The van der Waals surface area contributed by atoms with Crippen LogP contribution in [0.4, 0.5) is 5.69 Å². The van der Waals surface area contributed by atoms with E-state index in [1.54, 1.807) is 18.2 Å². The van der Waals surface area contributed by atoms with Crippen molar-refractivity contribution in [3.63, 3.8) is 0 Å². The van der Waals surface area contributed by atoms with Crippen molar-refractivity contribution in [1.82, 2.24) is 4.72 Å². The maximum Gasteiger partial charge on any atom is 0.241 e. The Kier molecular flexibility index (Phi) is 3.85. The SMILES string of the molecule is CC(C)(C)NS(=O)(=O)c1ccc2c(c1)C(C)(C)CN2C(=O)C1CC1. The standard InChI is InChI=1S/C18H26N2O3S/c1-17(2,3)19-24(22,23)13-8-9-15-14(10-13)18(4,5)11-20(15)16(21)12-6-7-12/h8-10,12,19H,6-7,11H2,1-5H3. The summed E-state index contributed by atoms with van der Waals surface area (Å²) < 4.78 is 27.9. The van der Waals surface area contributed by atoms with Crippen LogP contribution in [0.1, 0.15) is 53.0 Å². The molecule has 1 fully saturated rings. The molecule has 1 aromatic rings. The minimum atomic E-state index is -3.58. The molecule has 0 spiro atoms. The zero-order valence-corrected chi connectivity index (χ0v) is 15.8. The number of anilines is 1. The lowest BCUT2D eigenvalue weighted by Crippen LogP contribution is -2.40. The quantitative estimate of drug-likeness (QED) is 0.911. The predicted molar refractivity (Wildman–Crippen MR) is 94.6 cm³/mol. The van der Waals surface area contributed by atoms with E-state index in [4.69, 9.17) is 0 Å². The van der Waals surface area contributed by atoms with Gasteiger partial charge in [0.1, 0.15) is 0 Å². The normalized spacial score (nSPS) is 20.1. The van der Waals surface area contributed by atoms with Crippen LogP contribution in [0.25, 0.3) is 0 Å². The number of benzene rings is 1. The Labute approximate surface area is 144 Å². The highest BCUT2D eigenvalue weighted by Crippen LogP contribution is 2.44. The van der Waals surface area contributed by atoms with E-state index in [-0.39, 0.29) is 22.1 Å². The van der Waals surface area contributed by atoms with Gasteiger partial charge in [0.25, 0.3) is 0 Å². The average Bonchev–Trinajstić information content (AvgIpc) is 3.22. The van der Waals surface area contributed by atoms with Gasteiger partial charge >= 0.3 is 0 Å². The molecule has 0 bridgehead atoms. The van der Waals surface area contributed by atoms with Crippen LogP contribution in [-0.2, 0) is 20.2 Å². The Morgan fingerprint density at radius 3 is 2.42 bits per heavy atom. The van der Waals surface area contributed by atoms with Gasteiger partial charge in [-0.3, -0.25) is 4.79 Å². The van der Waals surface area contributed by atoms with Gasteiger partial charge in [-0.05, 0) is 57.4 Å². The van der Waals surface area contributed by atoms with E-state index < -0.39 is 15.6 Å². The fourth-order valence-corrected chi connectivity index (χ4v) is 4.68. The van der Waals surface area contributed by atoms with Gasteiger partial charge in [0.2, 0.25) is 15.9 Å². The number of fused-ring (bicyclic) bond motifs is 1. The van der Waals surface area contributed by atoms with Crippen molar-refractivity contribution in [2.75, 3.05) is 11.4 Å². The maximum atomic E-state index is 12.6. The lowest BCUT2D eigenvalue weighted by Gasteiger charge is -2.22. The lowest BCUT2D eigenvalue weighted by molar-refractivity contribution is -0.119. The summed E-state index contributed by atoms with van der Waals surface area (Å²) in [5.74, 6) is 0.322. The molecule has 1 aliphatic heterocycles. The van der Waals surface area contributed by atoms with Crippen LogP contribution in [-0.4, -0.2) is 26.4 Å². The van der Waals surface area contributed by atoms with Gasteiger partial charge in [0.15, 0.2) is 0 Å². The summed E-state index contributed by atoms with van der Waals surface area (Å²) in [7, 11) is -3.58. The summed E-state index contributed by atoms with van der Waals surface area (Å²) in [5.41, 5.74) is 0.981. The van der Waals surface area contributed by atoms with Crippen molar-refractivity contribution >= 4 is 21.6 Å². The van der Waals surface area contributed by atoms with Crippen LogP contribution in [0.3, 0.4) is 0 Å². The van der Waals surface area contributed by atoms with Crippen LogP contribution in [0.5, 0.6) is 0 Å². The Balaban J connectivity index is 2.00. The first kappa shape index (κ1) is 17.4. The van der Waals surface area contributed by atoms with Crippen molar-refractivity contribution in [2.45, 2.75) is 63.3 Å². The van der Waals surface area contributed by atoms with Crippen LogP contribution >= 0.6 is 0 Å². The van der Waals surface area contributed by atoms with Gasteiger partial charge in [0.05, 0.1) is 4.90 Å². The highest BCUT2D eigenvalue weighted by atomic mass is 32.2. The van der Waals surface area contributed by atoms with Crippen molar-refractivity contribution in [3.8, 4) is 0 Å². The lowest BCUT2D eigenvalue weighted by atomic mass is 9.87. The summed E-state index contributed by atoms with van der Waals surface area (Å²) in [5, 5.41) is 0. The topological polar surface area (TPSA) is 66.5 Å². The summed E-state index contributed by atoms with van der Waals surface area (Å²) in [6.07, 6.45) is 1.93. The first-order valence-corrected chi connectivity index (χ1v) is 9.89. The molecule has 2 aliphatic rings. The number of carbonyl (C=O) groups excluding carboxylic acids is 1. The third-order valence-corrected chi connectivity index (χ3v) is 6.24. The number of carbonyl (C=O) groups is 1. The minimum Gasteiger partial charge on any atom is -0.311 e. The molecule has 0 unspecified atom stereocenters. The Morgan fingerprint density at radius 2 is 1.88 bits per heavy atom. The van der Waals surface area contributed by atoms with Crippen LogP contribution in [0.2, 0.25) is 0 Å². The molecule has 1 N–H and O–H groups in total. The van der Waals surface area contributed by atoms with E-state index in [0.29, 0.717) is 6.54 Å². The molecule has 0 saturated heterocycles. The number of rotatable bonds is 3. The molecule has 5 nitrogen and oxygen atoms in total. The smallest absolute Gasteiger partial charge is 0.241 e. The Morgan fingerprint density at radius 1 is 1.25 bits per heavy atom.